The largest absolute Gasteiger partial charge is 0.337 e. The third-order valence-corrected chi connectivity index (χ3v) is 18.2. The maximum atomic E-state index is 2.80. The van der Waals surface area contributed by atoms with Crippen molar-refractivity contribution in [1.29, 1.82) is 0 Å². The molecule has 11 rings (SSSR count). The summed E-state index contributed by atoms with van der Waals surface area (Å²) in [4.78, 5) is 2.80. The third-order valence-electron chi connectivity index (χ3n) is 15.3. The van der Waals surface area contributed by atoms with Gasteiger partial charge in [-0.25, -0.2) is 0 Å². The van der Waals surface area contributed by atoms with Crippen LogP contribution in [0.15, 0.2) is 176 Å². The minimum Gasteiger partial charge on any atom is -0.337 e. The van der Waals surface area contributed by atoms with Gasteiger partial charge in [-0.1, -0.05) is 225 Å². The number of anilines is 2. The van der Waals surface area contributed by atoms with Crippen LogP contribution in [0.4, 0.5) is 11.4 Å². The molecule has 1 aliphatic carbocycles. The molecule has 0 bridgehead atoms. The summed E-state index contributed by atoms with van der Waals surface area (Å²) in [7, 11) is -0.667. The van der Waals surface area contributed by atoms with E-state index in [1.54, 1.807) is 16.2 Å². The first kappa shape index (κ1) is 42.6. The quantitative estimate of drug-likeness (QED) is 0.138. The number of benzene rings is 8. The van der Waals surface area contributed by atoms with Crippen LogP contribution in [-0.4, -0.2) is 11.7 Å². The van der Waals surface area contributed by atoms with E-state index in [1.165, 1.54) is 89.3 Å². The van der Waals surface area contributed by atoms with Crippen molar-refractivity contribution in [2.75, 3.05) is 4.90 Å². The predicted molar refractivity (Wildman–Crippen MR) is 284 cm³/mol. The standard InChI is InChI=1S/C64H62NP/c1-40(2)47-36-37-55-61(58(47)44-24-12-10-13-25-44)65(56-34-22-20-32-53(56)64(55)51-30-18-16-28-48(51)49-29-17-19-31-52(49)64)43(7)38-46-39-50(41(3)4)59(45-26-14-11-15-27-45)62-60(46)63(8,9)54-33-21-23-35-57(54)66(62)42(5)6/h10-37,39-43H,38H2,1-9H3. The van der Waals surface area contributed by atoms with Gasteiger partial charge in [0.1, 0.15) is 0 Å². The lowest BCUT2D eigenvalue weighted by Gasteiger charge is -2.49. The molecule has 3 aliphatic rings. The molecule has 2 aliphatic heterocycles. The molecule has 8 aromatic rings. The van der Waals surface area contributed by atoms with Crippen LogP contribution in [0, 0.1) is 0 Å². The lowest BCUT2D eigenvalue weighted by atomic mass is 9.63. The van der Waals surface area contributed by atoms with Crippen LogP contribution < -0.4 is 15.5 Å². The number of fused-ring (bicyclic) bond motifs is 11. The smallest absolute Gasteiger partial charge is 0.0754 e. The van der Waals surface area contributed by atoms with Gasteiger partial charge in [0.15, 0.2) is 0 Å². The Morgan fingerprint density at radius 2 is 1.00 bits per heavy atom. The van der Waals surface area contributed by atoms with Gasteiger partial charge in [-0.15, -0.1) is 0 Å². The molecule has 0 amide bonds. The maximum absolute atomic E-state index is 2.80. The van der Waals surface area contributed by atoms with Crippen molar-refractivity contribution in [2.24, 2.45) is 0 Å². The highest BCUT2D eigenvalue weighted by Gasteiger charge is 2.53. The summed E-state index contributed by atoms with van der Waals surface area (Å²) in [6.07, 6.45) is 0.901. The van der Waals surface area contributed by atoms with Gasteiger partial charge in [0.05, 0.1) is 11.1 Å². The van der Waals surface area contributed by atoms with Crippen molar-refractivity contribution in [3.05, 3.63) is 226 Å². The molecule has 0 fully saturated rings. The zero-order valence-electron chi connectivity index (χ0n) is 40.2. The van der Waals surface area contributed by atoms with E-state index < -0.39 is 13.3 Å². The number of nitrogens with zero attached hydrogens (tertiary/aromatic N) is 1. The number of hydrogen-bond donors (Lipinski definition) is 0. The Morgan fingerprint density at radius 3 is 1.59 bits per heavy atom. The Kier molecular flexibility index (Phi) is 10.4. The highest BCUT2D eigenvalue weighted by Crippen LogP contribution is 2.65. The van der Waals surface area contributed by atoms with Gasteiger partial charge in [-0.05, 0) is 133 Å². The minimum atomic E-state index is -0.667. The molecule has 2 unspecified atom stereocenters. The summed E-state index contributed by atoms with van der Waals surface area (Å²) in [5, 5.41) is 3.15. The first-order valence-corrected chi connectivity index (χ1v) is 25.8. The molecule has 0 saturated carbocycles. The topological polar surface area (TPSA) is 3.24 Å². The van der Waals surface area contributed by atoms with Crippen molar-refractivity contribution in [2.45, 2.75) is 103 Å². The molecule has 1 spiro atoms. The second-order valence-electron chi connectivity index (χ2n) is 20.6. The Bertz CT molecular complexity index is 3110. The number of hydrogen-bond acceptors (Lipinski definition) is 1. The monoisotopic (exact) mass is 875 g/mol. The lowest BCUT2D eigenvalue weighted by molar-refractivity contribution is 0.616. The van der Waals surface area contributed by atoms with E-state index in [2.05, 4.69) is 243 Å². The Labute approximate surface area is 395 Å². The molecule has 0 radical (unpaired) electrons. The average Bonchev–Trinajstić information content (AvgIpc) is 3.62. The Morgan fingerprint density at radius 1 is 0.485 bits per heavy atom. The van der Waals surface area contributed by atoms with E-state index in [0.29, 0.717) is 17.5 Å². The molecule has 328 valence electrons. The maximum Gasteiger partial charge on any atom is 0.0754 e. The zero-order valence-corrected chi connectivity index (χ0v) is 41.0. The zero-order chi connectivity index (χ0) is 45.6. The van der Waals surface area contributed by atoms with Crippen molar-refractivity contribution in [3.63, 3.8) is 0 Å². The minimum absolute atomic E-state index is 0.101. The highest BCUT2D eigenvalue weighted by atomic mass is 31.1. The Hall–Kier alpha value is -6.01. The van der Waals surface area contributed by atoms with Crippen molar-refractivity contribution < 1.29 is 0 Å². The van der Waals surface area contributed by atoms with E-state index in [1.807, 2.05) is 0 Å². The second-order valence-corrected chi connectivity index (χ2v) is 23.3. The van der Waals surface area contributed by atoms with E-state index in [-0.39, 0.29) is 11.5 Å². The fourth-order valence-corrected chi connectivity index (χ4v) is 16.0. The summed E-state index contributed by atoms with van der Waals surface area (Å²) < 4.78 is 0. The molecule has 2 heterocycles. The Balaban J connectivity index is 1.22. The third kappa shape index (κ3) is 6.15. The van der Waals surface area contributed by atoms with Gasteiger partial charge in [0.2, 0.25) is 0 Å². The predicted octanol–water partition coefficient (Wildman–Crippen LogP) is 16.2. The fourth-order valence-electron chi connectivity index (χ4n) is 12.7. The van der Waals surface area contributed by atoms with E-state index in [4.69, 9.17) is 0 Å². The van der Waals surface area contributed by atoms with Crippen molar-refractivity contribution in [3.8, 4) is 33.4 Å². The van der Waals surface area contributed by atoms with Gasteiger partial charge in [0.25, 0.3) is 0 Å². The highest BCUT2D eigenvalue weighted by molar-refractivity contribution is 7.74. The van der Waals surface area contributed by atoms with E-state index >= 15 is 0 Å². The fraction of sp³-hybridized carbons (Fsp3) is 0.250. The van der Waals surface area contributed by atoms with Crippen LogP contribution in [-0.2, 0) is 17.3 Å². The van der Waals surface area contributed by atoms with Gasteiger partial charge < -0.3 is 4.90 Å². The van der Waals surface area contributed by atoms with Crippen LogP contribution >= 0.6 is 7.92 Å². The van der Waals surface area contributed by atoms with Crippen LogP contribution in [0.1, 0.15) is 124 Å². The molecule has 8 aromatic carbocycles. The van der Waals surface area contributed by atoms with Gasteiger partial charge in [-0.2, -0.15) is 0 Å². The van der Waals surface area contributed by atoms with Crippen LogP contribution in [0.5, 0.6) is 0 Å². The van der Waals surface area contributed by atoms with E-state index in [9.17, 15) is 0 Å². The summed E-state index contributed by atoms with van der Waals surface area (Å²) in [6.45, 7) is 22.1. The average molecular weight is 876 g/mol. The molecule has 0 N–H and O–H groups in total. The number of para-hydroxylation sites is 1. The van der Waals surface area contributed by atoms with Gasteiger partial charge >= 0.3 is 0 Å². The summed E-state index contributed by atoms with van der Waals surface area (Å²) in [6, 6.07) is 67.8. The van der Waals surface area contributed by atoms with Gasteiger partial charge in [-0.3, -0.25) is 0 Å². The van der Waals surface area contributed by atoms with Crippen LogP contribution in [0.3, 0.4) is 0 Å². The summed E-state index contributed by atoms with van der Waals surface area (Å²) >= 11 is 0. The molecular formula is C64H62NP. The first-order valence-electron chi connectivity index (χ1n) is 24.4. The molecule has 0 saturated heterocycles. The molecular weight excluding hydrogens is 814 g/mol. The number of rotatable bonds is 8. The first-order chi connectivity index (χ1) is 32.0. The normalized spacial score (nSPS) is 16.4. The summed E-state index contributed by atoms with van der Waals surface area (Å²) in [5.74, 6) is 0.669. The SMILES string of the molecule is CC(C)c1ccc2c(c1-c1ccccc1)N(C(C)Cc1cc(C(C)C)c(-c3ccccc3)c3c1C(C)(C)c1ccccc1P3C(C)C)c1ccccc1C21c2ccccc2-c2ccccc21. The molecule has 2 heteroatoms. The molecule has 1 nitrogen and oxygen atoms in total. The van der Waals surface area contributed by atoms with Crippen molar-refractivity contribution >= 4 is 29.9 Å². The van der Waals surface area contributed by atoms with Crippen molar-refractivity contribution in [1.82, 2.24) is 0 Å². The lowest BCUT2D eigenvalue weighted by Crippen LogP contribution is -2.44. The molecule has 66 heavy (non-hydrogen) atoms. The van der Waals surface area contributed by atoms with Crippen LogP contribution in [0.2, 0.25) is 0 Å². The molecule has 2 atom stereocenters. The molecule has 0 aromatic heterocycles. The second kappa shape index (κ2) is 16.1. The van der Waals surface area contributed by atoms with Crippen LogP contribution in [0.25, 0.3) is 33.4 Å². The van der Waals surface area contributed by atoms with Gasteiger partial charge in [0, 0.05) is 22.7 Å². The summed E-state index contributed by atoms with van der Waals surface area (Å²) in [5.41, 5.74) is 23.4. The van der Waals surface area contributed by atoms with E-state index in [0.717, 1.165) is 6.42 Å².